The van der Waals surface area contributed by atoms with Gasteiger partial charge in [0.25, 0.3) is 0 Å². The molecule has 0 unspecified atom stereocenters. The highest BCUT2D eigenvalue weighted by atomic mass is 35.5. The highest BCUT2D eigenvalue weighted by molar-refractivity contribution is 6.66. The summed E-state index contributed by atoms with van der Waals surface area (Å²) in [6.45, 7) is 7.87. The summed E-state index contributed by atoms with van der Waals surface area (Å²) in [5, 5.41) is 13.1. The van der Waals surface area contributed by atoms with Crippen molar-refractivity contribution in [2.45, 2.75) is 25.1 Å². The molecule has 188 valence electrons. The van der Waals surface area contributed by atoms with E-state index in [1.54, 1.807) is 4.90 Å². The van der Waals surface area contributed by atoms with Crippen molar-refractivity contribution in [1.29, 1.82) is 0 Å². The summed E-state index contributed by atoms with van der Waals surface area (Å²) in [6.07, 6.45) is -0.275. The fourth-order valence-electron chi connectivity index (χ4n) is 3.86. The smallest absolute Gasteiger partial charge is 0.364 e. The number of alkyl halides is 3. The molecular formula is C26H24ClF3N4O2. The lowest BCUT2D eigenvalue weighted by atomic mass is 10.0. The van der Waals surface area contributed by atoms with Gasteiger partial charge in [-0.2, -0.15) is 13.2 Å². The summed E-state index contributed by atoms with van der Waals surface area (Å²) in [7, 11) is 0. The largest absolute Gasteiger partial charge is 0.416 e. The van der Waals surface area contributed by atoms with Gasteiger partial charge in [-0.05, 0) is 48.7 Å². The lowest BCUT2D eigenvalue weighted by Crippen LogP contribution is -2.44. The summed E-state index contributed by atoms with van der Waals surface area (Å²) in [5.41, 5.74) is 0.369. The predicted octanol–water partition coefficient (Wildman–Crippen LogP) is 5.84. The number of carbonyl (C=O) groups excluding carboxylic acids is 2. The number of anilines is 1. The number of hydrogen-bond donors (Lipinski definition) is 1. The first-order chi connectivity index (χ1) is 17.1. The van der Waals surface area contributed by atoms with Crippen molar-refractivity contribution in [3.05, 3.63) is 79.4 Å². The van der Waals surface area contributed by atoms with E-state index in [1.165, 1.54) is 18.2 Å². The van der Waals surface area contributed by atoms with Crippen molar-refractivity contribution < 1.29 is 22.8 Å². The molecule has 36 heavy (non-hydrogen) atoms. The Morgan fingerprint density at radius 2 is 1.67 bits per heavy atom. The van der Waals surface area contributed by atoms with Crippen LogP contribution in [0.4, 0.5) is 19.0 Å². The number of fused-ring (bicyclic) bond motifs is 1. The van der Waals surface area contributed by atoms with E-state index in [4.69, 9.17) is 11.6 Å². The molecule has 0 radical (unpaired) electrons. The van der Waals surface area contributed by atoms with Crippen molar-refractivity contribution in [1.82, 2.24) is 15.1 Å². The van der Waals surface area contributed by atoms with Crippen LogP contribution in [0.1, 0.15) is 18.4 Å². The predicted molar refractivity (Wildman–Crippen MR) is 134 cm³/mol. The van der Waals surface area contributed by atoms with Crippen LogP contribution in [0, 0.1) is 0 Å². The van der Waals surface area contributed by atoms with Gasteiger partial charge in [-0.25, -0.2) is 0 Å². The van der Waals surface area contributed by atoms with Crippen LogP contribution in [0.2, 0.25) is 0 Å². The number of carbonyl (C=O) groups is 2. The van der Waals surface area contributed by atoms with Crippen molar-refractivity contribution in [3.63, 3.8) is 0 Å². The Bertz CT molecular complexity index is 1260. The lowest BCUT2D eigenvalue weighted by molar-refractivity contribution is -0.137. The van der Waals surface area contributed by atoms with Crippen molar-refractivity contribution >= 4 is 39.3 Å². The first kappa shape index (κ1) is 26.9. The molecule has 2 heterocycles. The minimum Gasteiger partial charge on any atom is -0.364 e. The van der Waals surface area contributed by atoms with E-state index in [9.17, 15) is 22.8 Å². The molecule has 1 aliphatic rings. The SMILES string of the molecule is C=CC(=O)Cl.C=CC(=O)N1CCC[C@H](Nc2nnc(-c3ccc(C(F)(F)F)cc3)c3ccccc23)C1. The molecular weight excluding hydrogens is 493 g/mol. The van der Waals surface area contributed by atoms with Crippen LogP contribution in [0.15, 0.2) is 73.8 Å². The van der Waals surface area contributed by atoms with E-state index in [-0.39, 0.29) is 11.9 Å². The number of hydrogen-bond acceptors (Lipinski definition) is 5. The third-order valence-electron chi connectivity index (χ3n) is 5.58. The molecule has 1 amide bonds. The minimum absolute atomic E-state index is 0.0206. The van der Waals surface area contributed by atoms with Crippen LogP contribution in [0.25, 0.3) is 22.0 Å². The Morgan fingerprint density at radius 1 is 1.03 bits per heavy atom. The van der Waals surface area contributed by atoms with Gasteiger partial charge >= 0.3 is 6.18 Å². The number of halogens is 4. The normalized spacial score (nSPS) is 15.4. The molecule has 0 saturated carbocycles. The van der Waals surface area contributed by atoms with Gasteiger partial charge in [0.1, 0.15) is 5.69 Å². The maximum atomic E-state index is 12.9. The summed E-state index contributed by atoms with van der Waals surface area (Å²) < 4.78 is 38.7. The molecule has 0 aliphatic carbocycles. The minimum atomic E-state index is -4.39. The summed E-state index contributed by atoms with van der Waals surface area (Å²) >= 11 is 4.71. The zero-order valence-electron chi connectivity index (χ0n) is 19.3. The number of allylic oxidation sites excluding steroid dienone is 1. The Hall–Kier alpha value is -3.72. The maximum Gasteiger partial charge on any atom is 0.416 e. The van der Waals surface area contributed by atoms with Crippen LogP contribution in [0.3, 0.4) is 0 Å². The van der Waals surface area contributed by atoms with Crippen LogP contribution in [-0.2, 0) is 15.8 Å². The van der Waals surface area contributed by atoms with E-state index in [1.807, 2.05) is 24.3 Å². The van der Waals surface area contributed by atoms with Crippen LogP contribution in [0.5, 0.6) is 0 Å². The Balaban J connectivity index is 0.000000658. The van der Waals surface area contributed by atoms with E-state index < -0.39 is 17.0 Å². The Morgan fingerprint density at radius 3 is 2.25 bits per heavy atom. The number of aromatic nitrogens is 2. The number of nitrogens with zero attached hydrogens (tertiary/aromatic N) is 3. The van der Waals surface area contributed by atoms with Gasteiger partial charge in [0.05, 0.1) is 5.56 Å². The molecule has 1 aliphatic heterocycles. The number of piperidine rings is 1. The molecule has 1 saturated heterocycles. The maximum absolute atomic E-state index is 12.9. The zero-order valence-corrected chi connectivity index (χ0v) is 20.0. The first-order valence-electron chi connectivity index (χ1n) is 11.1. The molecule has 1 atom stereocenters. The molecule has 2 aromatic carbocycles. The first-order valence-corrected chi connectivity index (χ1v) is 11.4. The van der Waals surface area contributed by atoms with Gasteiger partial charge in [-0.15, -0.1) is 10.2 Å². The second-order valence-corrected chi connectivity index (χ2v) is 8.37. The third kappa shape index (κ3) is 6.69. The van der Waals surface area contributed by atoms with Crippen LogP contribution in [-0.4, -0.2) is 45.4 Å². The molecule has 0 bridgehead atoms. The quantitative estimate of drug-likeness (QED) is 0.340. The molecule has 3 aromatic rings. The number of likely N-dealkylation sites (tertiary alicyclic amines) is 1. The topological polar surface area (TPSA) is 75.2 Å². The van der Waals surface area contributed by atoms with Crippen LogP contribution >= 0.6 is 11.6 Å². The summed E-state index contributed by atoms with van der Waals surface area (Å²) in [5.74, 6) is 0.490. The highest BCUT2D eigenvalue weighted by Gasteiger charge is 2.30. The molecule has 4 rings (SSSR count). The number of amides is 1. The van der Waals surface area contributed by atoms with Gasteiger partial charge in [0.2, 0.25) is 11.1 Å². The second-order valence-electron chi connectivity index (χ2n) is 8.00. The average molecular weight is 517 g/mol. The second kappa shape index (κ2) is 11.8. The molecule has 1 N–H and O–H groups in total. The molecule has 1 fully saturated rings. The van der Waals surface area contributed by atoms with Crippen LogP contribution < -0.4 is 5.32 Å². The van der Waals surface area contributed by atoms with E-state index in [0.29, 0.717) is 30.2 Å². The van der Waals surface area contributed by atoms with Crippen molar-refractivity contribution in [2.24, 2.45) is 0 Å². The molecule has 6 nitrogen and oxygen atoms in total. The van der Waals surface area contributed by atoms with Gasteiger partial charge in [0, 0.05) is 35.5 Å². The third-order valence-corrected chi connectivity index (χ3v) is 5.74. The molecule has 0 spiro atoms. The number of rotatable bonds is 5. The van der Waals surface area contributed by atoms with Gasteiger partial charge in [-0.3, -0.25) is 9.59 Å². The molecule has 1 aromatic heterocycles. The number of nitrogens with one attached hydrogen (secondary N) is 1. The van der Waals surface area contributed by atoms with Gasteiger partial charge < -0.3 is 10.2 Å². The van der Waals surface area contributed by atoms with Crippen molar-refractivity contribution in [2.75, 3.05) is 18.4 Å². The Labute approximate surface area is 211 Å². The zero-order chi connectivity index (χ0) is 26.3. The van der Waals surface area contributed by atoms with Crippen molar-refractivity contribution in [3.8, 4) is 11.3 Å². The number of benzene rings is 2. The van der Waals surface area contributed by atoms with E-state index >= 15 is 0 Å². The van der Waals surface area contributed by atoms with E-state index in [2.05, 4.69) is 28.7 Å². The average Bonchev–Trinajstić information content (AvgIpc) is 2.88. The summed E-state index contributed by atoms with van der Waals surface area (Å²) in [4.78, 5) is 23.2. The fourth-order valence-corrected chi connectivity index (χ4v) is 3.86. The van der Waals surface area contributed by atoms with E-state index in [0.717, 1.165) is 41.8 Å². The van der Waals surface area contributed by atoms with Gasteiger partial charge in [-0.1, -0.05) is 49.6 Å². The summed E-state index contributed by atoms with van der Waals surface area (Å²) in [6, 6.07) is 12.4. The monoisotopic (exact) mass is 516 g/mol. The highest BCUT2D eigenvalue weighted by Crippen LogP contribution is 2.33. The van der Waals surface area contributed by atoms with Gasteiger partial charge in [0.15, 0.2) is 5.82 Å². The standard InChI is InChI=1S/C23H21F3N4O.C3H3ClO/c1-2-20(31)30-13-5-6-17(14-30)27-22-19-8-4-3-7-18(19)21(28-29-22)15-9-11-16(12-10-15)23(24,25)26;1-2-3(4)5/h2-4,7-12,17H,1,5-6,13-14H2,(H,27,29);2H,1H2/t17-;/m0./s1. The fraction of sp³-hybridized carbons (Fsp3) is 0.231. The molecule has 10 heteroatoms. The lowest BCUT2D eigenvalue weighted by Gasteiger charge is -2.33. The Kier molecular flexibility index (Phi) is 8.82.